The van der Waals surface area contributed by atoms with Crippen molar-refractivity contribution in [1.29, 1.82) is 0 Å². The second kappa shape index (κ2) is 6.14. The molecule has 0 amide bonds. The highest BCUT2D eigenvalue weighted by Gasteiger charge is 2.24. The normalized spacial score (nSPS) is 19.2. The van der Waals surface area contributed by atoms with Gasteiger partial charge in [0.15, 0.2) is 0 Å². The molecule has 0 bridgehead atoms. The van der Waals surface area contributed by atoms with Gasteiger partial charge in [-0.1, -0.05) is 5.57 Å². The van der Waals surface area contributed by atoms with Crippen LogP contribution in [0.2, 0.25) is 0 Å². The molecule has 0 aromatic carbocycles. The van der Waals surface area contributed by atoms with Gasteiger partial charge in [-0.15, -0.1) is 17.9 Å². The van der Waals surface area contributed by atoms with Crippen LogP contribution in [0.1, 0.15) is 24.3 Å². The van der Waals surface area contributed by atoms with Gasteiger partial charge in [-0.25, -0.2) is 0 Å². The molecule has 1 aliphatic rings. The van der Waals surface area contributed by atoms with E-state index >= 15 is 0 Å². The minimum Gasteiger partial charge on any atom is -0.314 e. The zero-order chi connectivity index (χ0) is 12.3. The molecular formula is C13H19BrN2S. The van der Waals surface area contributed by atoms with Crippen molar-refractivity contribution in [2.75, 3.05) is 26.2 Å². The van der Waals surface area contributed by atoms with Crippen LogP contribution in [0.25, 0.3) is 0 Å². The standard InChI is InChI=1S/C13H19BrN2S/c1-10(2)9-12(13-11(14)3-8-17-13)16-6-4-15-5-7-16/h3,8,12,15H,1,4-7,9H2,2H3/t12-/m0/s1. The molecule has 1 N–H and O–H groups in total. The third-order valence-corrected chi connectivity index (χ3v) is 5.05. The molecule has 0 saturated carbocycles. The van der Waals surface area contributed by atoms with Crippen molar-refractivity contribution in [2.24, 2.45) is 0 Å². The van der Waals surface area contributed by atoms with Gasteiger partial charge < -0.3 is 5.32 Å². The van der Waals surface area contributed by atoms with Gasteiger partial charge in [-0.3, -0.25) is 4.90 Å². The maximum absolute atomic E-state index is 4.08. The lowest BCUT2D eigenvalue weighted by atomic mass is 10.0. The average Bonchev–Trinajstić information content (AvgIpc) is 2.73. The molecular weight excluding hydrogens is 296 g/mol. The SMILES string of the molecule is C=C(C)C[C@@H](c1sccc1Br)N1CCNCC1. The van der Waals surface area contributed by atoms with E-state index in [4.69, 9.17) is 0 Å². The minimum absolute atomic E-state index is 0.490. The van der Waals surface area contributed by atoms with Crippen LogP contribution in [0, 0.1) is 0 Å². The highest BCUT2D eigenvalue weighted by molar-refractivity contribution is 9.10. The van der Waals surface area contributed by atoms with Crippen LogP contribution in [0.15, 0.2) is 28.1 Å². The highest BCUT2D eigenvalue weighted by atomic mass is 79.9. The first kappa shape index (κ1) is 13.3. The lowest BCUT2D eigenvalue weighted by Crippen LogP contribution is -2.45. The lowest BCUT2D eigenvalue weighted by molar-refractivity contribution is 0.174. The number of hydrogen-bond donors (Lipinski definition) is 1. The second-order valence-corrected chi connectivity index (χ2v) is 6.40. The molecule has 0 radical (unpaired) electrons. The molecule has 0 aliphatic carbocycles. The quantitative estimate of drug-likeness (QED) is 0.857. The first-order valence-electron chi connectivity index (χ1n) is 6.00. The van der Waals surface area contributed by atoms with Crippen molar-refractivity contribution in [3.05, 3.63) is 32.9 Å². The summed E-state index contributed by atoms with van der Waals surface area (Å²) in [6.45, 7) is 10.6. The monoisotopic (exact) mass is 314 g/mol. The van der Waals surface area contributed by atoms with E-state index in [-0.39, 0.29) is 0 Å². The van der Waals surface area contributed by atoms with E-state index < -0.39 is 0 Å². The summed E-state index contributed by atoms with van der Waals surface area (Å²) in [4.78, 5) is 4.01. The first-order valence-corrected chi connectivity index (χ1v) is 7.68. The van der Waals surface area contributed by atoms with Crippen molar-refractivity contribution in [1.82, 2.24) is 10.2 Å². The molecule has 4 heteroatoms. The Morgan fingerprint density at radius 3 is 2.82 bits per heavy atom. The van der Waals surface area contributed by atoms with Crippen molar-refractivity contribution in [3.8, 4) is 0 Å². The van der Waals surface area contributed by atoms with Gasteiger partial charge in [0.05, 0.1) is 0 Å². The number of nitrogens with zero attached hydrogens (tertiary/aromatic N) is 1. The highest BCUT2D eigenvalue weighted by Crippen LogP contribution is 2.36. The van der Waals surface area contributed by atoms with Crippen molar-refractivity contribution in [3.63, 3.8) is 0 Å². The fraction of sp³-hybridized carbons (Fsp3) is 0.538. The van der Waals surface area contributed by atoms with E-state index in [2.05, 4.69) is 51.1 Å². The molecule has 0 unspecified atom stereocenters. The fourth-order valence-corrected chi connectivity index (χ4v) is 4.03. The summed E-state index contributed by atoms with van der Waals surface area (Å²) in [5.41, 5.74) is 1.26. The number of rotatable bonds is 4. The number of hydrogen-bond acceptors (Lipinski definition) is 3. The minimum atomic E-state index is 0.490. The van der Waals surface area contributed by atoms with Crippen molar-refractivity contribution < 1.29 is 0 Å². The molecule has 17 heavy (non-hydrogen) atoms. The summed E-state index contributed by atoms with van der Waals surface area (Å²) in [6.07, 6.45) is 1.05. The summed E-state index contributed by atoms with van der Waals surface area (Å²) in [5.74, 6) is 0. The largest absolute Gasteiger partial charge is 0.314 e. The van der Waals surface area contributed by atoms with E-state index in [1.54, 1.807) is 0 Å². The summed E-state index contributed by atoms with van der Waals surface area (Å²) in [7, 11) is 0. The third kappa shape index (κ3) is 3.41. The van der Waals surface area contributed by atoms with E-state index in [1.807, 2.05) is 11.3 Å². The summed E-state index contributed by atoms with van der Waals surface area (Å²) < 4.78 is 1.24. The van der Waals surface area contributed by atoms with Crippen LogP contribution in [-0.4, -0.2) is 31.1 Å². The lowest BCUT2D eigenvalue weighted by Gasteiger charge is -2.35. The van der Waals surface area contributed by atoms with Crippen LogP contribution in [0.4, 0.5) is 0 Å². The van der Waals surface area contributed by atoms with Crippen molar-refractivity contribution in [2.45, 2.75) is 19.4 Å². The Balaban J connectivity index is 2.18. The summed E-state index contributed by atoms with van der Waals surface area (Å²) in [5, 5.41) is 5.57. The third-order valence-electron chi connectivity index (χ3n) is 3.08. The molecule has 1 aromatic heterocycles. The van der Waals surface area contributed by atoms with Crippen molar-refractivity contribution >= 4 is 27.3 Å². The molecule has 1 saturated heterocycles. The maximum atomic E-state index is 4.08. The summed E-state index contributed by atoms with van der Waals surface area (Å²) >= 11 is 5.51. The number of halogens is 1. The van der Waals surface area contributed by atoms with Crippen LogP contribution < -0.4 is 5.32 Å². The molecule has 1 atom stereocenters. The number of piperazine rings is 1. The summed E-state index contributed by atoms with van der Waals surface area (Å²) in [6, 6.07) is 2.64. The molecule has 0 spiro atoms. The Bertz CT molecular complexity index is 383. The van der Waals surface area contributed by atoms with E-state index in [0.29, 0.717) is 6.04 Å². The molecule has 2 nitrogen and oxygen atoms in total. The van der Waals surface area contributed by atoms with Gasteiger partial charge in [0.1, 0.15) is 0 Å². The Labute approximate surface area is 116 Å². The average molecular weight is 315 g/mol. The van der Waals surface area contributed by atoms with Crippen LogP contribution in [0.5, 0.6) is 0 Å². The van der Waals surface area contributed by atoms with Gasteiger partial charge in [-0.2, -0.15) is 0 Å². The molecule has 1 aliphatic heterocycles. The Hall–Kier alpha value is -0.160. The van der Waals surface area contributed by atoms with Gasteiger partial charge in [-0.05, 0) is 40.7 Å². The number of thiophene rings is 1. The van der Waals surface area contributed by atoms with Crippen LogP contribution in [-0.2, 0) is 0 Å². The molecule has 1 aromatic rings. The Morgan fingerprint density at radius 2 is 2.29 bits per heavy atom. The first-order chi connectivity index (χ1) is 8.18. The second-order valence-electron chi connectivity index (χ2n) is 4.60. The Kier molecular flexibility index (Phi) is 4.79. The number of nitrogens with one attached hydrogen (secondary N) is 1. The topological polar surface area (TPSA) is 15.3 Å². The Morgan fingerprint density at radius 1 is 1.59 bits per heavy atom. The van der Waals surface area contributed by atoms with Gasteiger partial charge in [0, 0.05) is 41.6 Å². The van der Waals surface area contributed by atoms with E-state index in [0.717, 1.165) is 32.6 Å². The molecule has 1 fully saturated rings. The fourth-order valence-electron chi connectivity index (χ4n) is 2.25. The van der Waals surface area contributed by atoms with Crippen LogP contribution in [0.3, 0.4) is 0 Å². The predicted molar refractivity (Wildman–Crippen MR) is 78.6 cm³/mol. The predicted octanol–water partition coefficient (Wildman–Crippen LogP) is 3.42. The van der Waals surface area contributed by atoms with Gasteiger partial charge in [0.25, 0.3) is 0 Å². The zero-order valence-electron chi connectivity index (χ0n) is 10.2. The van der Waals surface area contributed by atoms with Gasteiger partial charge in [0.2, 0.25) is 0 Å². The van der Waals surface area contributed by atoms with Crippen LogP contribution >= 0.6 is 27.3 Å². The van der Waals surface area contributed by atoms with E-state index in [1.165, 1.54) is 14.9 Å². The molecule has 2 heterocycles. The maximum Gasteiger partial charge on any atom is 0.0490 e. The molecule has 94 valence electrons. The van der Waals surface area contributed by atoms with E-state index in [9.17, 15) is 0 Å². The molecule has 2 rings (SSSR count). The smallest absolute Gasteiger partial charge is 0.0490 e. The van der Waals surface area contributed by atoms with Gasteiger partial charge >= 0.3 is 0 Å². The zero-order valence-corrected chi connectivity index (χ0v) is 12.6.